The van der Waals surface area contributed by atoms with Crippen LogP contribution in [-0.4, -0.2) is 36.8 Å². The van der Waals surface area contributed by atoms with Crippen LogP contribution in [-0.2, 0) is 13.0 Å². The zero-order valence-electron chi connectivity index (χ0n) is 11.1. The Morgan fingerprint density at radius 3 is 2.90 bits per heavy atom. The van der Waals surface area contributed by atoms with Gasteiger partial charge in [-0.15, -0.1) is 10.2 Å². The Morgan fingerprint density at radius 1 is 1.15 bits per heavy atom. The topological polar surface area (TPSA) is 105 Å². The van der Waals surface area contributed by atoms with Crippen molar-refractivity contribution >= 4 is 17.7 Å². The number of rotatable bonds is 3. The number of anilines is 1. The maximum atomic E-state index is 5.63. The van der Waals surface area contributed by atoms with Crippen LogP contribution in [0.4, 0.5) is 5.95 Å². The van der Waals surface area contributed by atoms with E-state index < -0.39 is 0 Å². The third kappa shape index (κ3) is 2.67. The number of methoxy groups -OCH3 is 1. The van der Waals surface area contributed by atoms with Gasteiger partial charge in [0.2, 0.25) is 11.1 Å². The fourth-order valence-electron chi connectivity index (χ4n) is 2.11. The molecule has 0 atom stereocenters. The molecule has 2 aromatic rings. The Labute approximate surface area is 120 Å². The van der Waals surface area contributed by atoms with E-state index in [2.05, 4.69) is 29.7 Å². The molecule has 0 fully saturated rings. The summed E-state index contributed by atoms with van der Waals surface area (Å²) in [5, 5.41) is 9.70. The molecule has 9 heteroatoms. The second kappa shape index (κ2) is 5.61. The predicted molar refractivity (Wildman–Crippen MR) is 72.5 cm³/mol. The lowest BCUT2D eigenvalue weighted by atomic mass is 10.2. The van der Waals surface area contributed by atoms with Crippen LogP contribution >= 0.6 is 11.8 Å². The minimum atomic E-state index is 0.134. The van der Waals surface area contributed by atoms with E-state index in [9.17, 15) is 0 Å². The Morgan fingerprint density at radius 2 is 2.05 bits per heavy atom. The zero-order chi connectivity index (χ0) is 13.9. The molecule has 20 heavy (non-hydrogen) atoms. The quantitative estimate of drug-likeness (QED) is 0.891. The Bertz CT molecular complexity index is 615. The van der Waals surface area contributed by atoms with Crippen molar-refractivity contribution < 1.29 is 4.74 Å². The van der Waals surface area contributed by atoms with E-state index in [0.717, 1.165) is 36.8 Å². The van der Waals surface area contributed by atoms with Crippen molar-refractivity contribution in [3.8, 4) is 6.01 Å². The van der Waals surface area contributed by atoms with Crippen molar-refractivity contribution in [2.24, 2.45) is 0 Å². The zero-order valence-corrected chi connectivity index (χ0v) is 11.9. The summed E-state index contributed by atoms with van der Waals surface area (Å²) >= 11 is 1.33. The van der Waals surface area contributed by atoms with E-state index in [-0.39, 0.29) is 12.0 Å². The molecular weight excluding hydrogens is 278 g/mol. The van der Waals surface area contributed by atoms with Crippen LogP contribution in [0, 0.1) is 0 Å². The maximum absolute atomic E-state index is 5.63. The highest BCUT2D eigenvalue weighted by Crippen LogP contribution is 2.27. The minimum absolute atomic E-state index is 0.134. The summed E-state index contributed by atoms with van der Waals surface area (Å²) in [6.45, 7) is 0.933. The largest absolute Gasteiger partial charge is 0.467 e. The number of nitrogens with zero attached hydrogens (tertiary/aromatic N) is 6. The first-order valence-corrected chi connectivity index (χ1v) is 7.23. The molecule has 3 heterocycles. The Kier molecular flexibility index (Phi) is 3.68. The van der Waals surface area contributed by atoms with Gasteiger partial charge < -0.3 is 15.0 Å². The molecule has 2 aromatic heterocycles. The van der Waals surface area contributed by atoms with Gasteiger partial charge in [-0.2, -0.15) is 15.0 Å². The number of ether oxygens (including phenoxy) is 1. The standard InChI is InChI=1S/C11H15N7OS/c1-19-9-13-8(12)14-10(15-9)20-11-17-16-7-5-3-2-4-6-18(7)11/h2-6H2,1H3,(H2,12,13,14,15). The summed E-state index contributed by atoms with van der Waals surface area (Å²) in [6.07, 6.45) is 4.49. The van der Waals surface area contributed by atoms with Crippen molar-refractivity contribution in [3.63, 3.8) is 0 Å². The lowest BCUT2D eigenvalue weighted by Crippen LogP contribution is -2.04. The fraction of sp³-hybridized carbons (Fsp3) is 0.545. The normalized spacial score (nSPS) is 14.7. The summed E-state index contributed by atoms with van der Waals surface area (Å²) in [5.74, 6) is 1.16. The molecule has 0 amide bonds. The van der Waals surface area contributed by atoms with Crippen LogP contribution in [0.2, 0.25) is 0 Å². The van der Waals surface area contributed by atoms with Crippen molar-refractivity contribution in [3.05, 3.63) is 5.82 Å². The van der Waals surface area contributed by atoms with Crippen LogP contribution in [0.1, 0.15) is 25.1 Å². The first-order valence-electron chi connectivity index (χ1n) is 6.42. The molecule has 1 aliphatic rings. The van der Waals surface area contributed by atoms with E-state index in [1.54, 1.807) is 0 Å². The van der Waals surface area contributed by atoms with Gasteiger partial charge in [0, 0.05) is 13.0 Å². The SMILES string of the molecule is COc1nc(N)nc(Sc2nnc3n2CCCCC3)n1. The molecule has 0 saturated carbocycles. The van der Waals surface area contributed by atoms with Gasteiger partial charge in [0.15, 0.2) is 5.16 Å². The van der Waals surface area contributed by atoms with Gasteiger partial charge >= 0.3 is 6.01 Å². The van der Waals surface area contributed by atoms with Crippen LogP contribution in [0.5, 0.6) is 6.01 Å². The average Bonchev–Trinajstić information content (AvgIpc) is 2.67. The Hall–Kier alpha value is -1.90. The van der Waals surface area contributed by atoms with Crippen molar-refractivity contribution in [1.29, 1.82) is 0 Å². The highest BCUT2D eigenvalue weighted by Gasteiger charge is 2.17. The summed E-state index contributed by atoms with van der Waals surface area (Å²) < 4.78 is 7.12. The van der Waals surface area contributed by atoms with Crippen molar-refractivity contribution in [2.75, 3.05) is 12.8 Å². The van der Waals surface area contributed by atoms with Gasteiger partial charge in [0.05, 0.1) is 7.11 Å². The van der Waals surface area contributed by atoms with Gasteiger partial charge in [-0.1, -0.05) is 6.42 Å². The summed E-state index contributed by atoms with van der Waals surface area (Å²) in [4.78, 5) is 12.1. The molecule has 0 radical (unpaired) electrons. The molecule has 2 N–H and O–H groups in total. The molecule has 8 nitrogen and oxygen atoms in total. The molecule has 0 unspecified atom stereocenters. The second-order valence-corrected chi connectivity index (χ2v) is 5.36. The summed E-state index contributed by atoms with van der Waals surface area (Å²) in [7, 11) is 1.49. The summed E-state index contributed by atoms with van der Waals surface area (Å²) in [5.41, 5.74) is 5.63. The number of fused-ring (bicyclic) bond motifs is 1. The molecule has 3 rings (SSSR count). The van der Waals surface area contributed by atoms with Gasteiger partial charge in [-0.05, 0) is 24.6 Å². The van der Waals surface area contributed by atoms with E-state index in [1.807, 2.05) is 0 Å². The molecule has 0 aromatic carbocycles. The number of nitrogens with two attached hydrogens (primary N) is 1. The predicted octanol–water partition coefficient (Wildman–Crippen LogP) is 0.931. The van der Waals surface area contributed by atoms with Crippen molar-refractivity contribution in [2.45, 2.75) is 42.5 Å². The van der Waals surface area contributed by atoms with E-state index in [0.29, 0.717) is 5.16 Å². The third-order valence-corrected chi connectivity index (χ3v) is 3.90. The number of aryl methyl sites for hydroxylation is 1. The smallest absolute Gasteiger partial charge is 0.321 e. The molecule has 0 saturated heterocycles. The highest BCUT2D eigenvalue weighted by molar-refractivity contribution is 7.99. The number of hydrogen-bond acceptors (Lipinski definition) is 8. The van der Waals surface area contributed by atoms with Crippen LogP contribution < -0.4 is 10.5 Å². The monoisotopic (exact) mass is 293 g/mol. The van der Waals surface area contributed by atoms with Gasteiger partial charge in [-0.3, -0.25) is 0 Å². The van der Waals surface area contributed by atoms with Gasteiger partial charge in [0.25, 0.3) is 0 Å². The number of nitrogen functional groups attached to an aromatic ring is 1. The van der Waals surface area contributed by atoms with Crippen LogP contribution in [0.3, 0.4) is 0 Å². The number of hydrogen-bond donors (Lipinski definition) is 1. The van der Waals surface area contributed by atoms with E-state index >= 15 is 0 Å². The fourth-order valence-corrected chi connectivity index (χ4v) is 2.92. The van der Waals surface area contributed by atoms with Crippen molar-refractivity contribution in [1.82, 2.24) is 29.7 Å². The highest BCUT2D eigenvalue weighted by atomic mass is 32.2. The molecule has 106 valence electrons. The van der Waals surface area contributed by atoms with Crippen LogP contribution in [0.15, 0.2) is 10.3 Å². The third-order valence-electron chi connectivity index (χ3n) is 3.05. The minimum Gasteiger partial charge on any atom is -0.467 e. The van der Waals surface area contributed by atoms with Gasteiger partial charge in [0.1, 0.15) is 5.82 Å². The van der Waals surface area contributed by atoms with E-state index in [1.165, 1.54) is 25.3 Å². The number of aromatic nitrogens is 6. The van der Waals surface area contributed by atoms with Crippen LogP contribution in [0.25, 0.3) is 0 Å². The lowest BCUT2D eigenvalue weighted by molar-refractivity contribution is 0.374. The van der Waals surface area contributed by atoms with Gasteiger partial charge in [-0.25, -0.2) is 0 Å². The average molecular weight is 293 g/mol. The molecular formula is C11H15N7OS. The maximum Gasteiger partial charge on any atom is 0.321 e. The van der Waals surface area contributed by atoms with E-state index in [4.69, 9.17) is 10.5 Å². The first-order chi connectivity index (χ1) is 9.76. The first kappa shape index (κ1) is 13.1. The molecule has 0 bridgehead atoms. The second-order valence-electron chi connectivity index (χ2n) is 4.43. The molecule has 0 aliphatic carbocycles. The molecule has 1 aliphatic heterocycles. The lowest BCUT2D eigenvalue weighted by Gasteiger charge is -2.06. The molecule has 0 spiro atoms. The summed E-state index contributed by atoms with van der Waals surface area (Å²) in [6, 6.07) is 0.204. The Balaban J connectivity index is 1.88.